The monoisotopic (exact) mass is 472 g/mol. The van der Waals surface area contributed by atoms with Gasteiger partial charge in [0.1, 0.15) is 24.0 Å². The van der Waals surface area contributed by atoms with Crippen LogP contribution in [-0.4, -0.2) is 42.2 Å². The number of fused-ring (bicyclic) bond motifs is 1. The van der Waals surface area contributed by atoms with Crippen LogP contribution in [0.3, 0.4) is 0 Å². The highest BCUT2D eigenvalue weighted by atomic mass is 19.1. The third-order valence-corrected chi connectivity index (χ3v) is 6.89. The molecule has 4 rings (SSSR count). The van der Waals surface area contributed by atoms with Crippen molar-refractivity contribution in [2.24, 2.45) is 11.8 Å². The molecule has 0 aliphatic carbocycles. The average molecular weight is 473 g/mol. The normalized spacial score (nSPS) is 24.2. The lowest BCUT2D eigenvalue weighted by Gasteiger charge is -2.42. The minimum Gasteiger partial charge on any atom is -0.480 e. The molecule has 0 radical (unpaired) electrons. The van der Waals surface area contributed by atoms with E-state index in [0.717, 1.165) is 12.0 Å². The van der Waals surface area contributed by atoms with Crippen LogP contribution in [0.1, 0.15) is 36.5 Å². The number of piperidine rings is 1. The summed E-state index contributed by atoms with van der Waals surface area (Å²) in [6, 6.07) is 9.11. The van der Waals surface area contributed by atoms with Crippen molar-refractivity contribution in [2.75, 3.05) is 13.2 Å². The minimum atomic E-state index is -0.860. The van der Waals surface area contributed by atoms with Crippen molar-refractivity contribution in [3.8, 4) is 5.75 Å². The Morgan fingerprint density at radius 2 is 1.79 bits per heavy atom. The van der Waals surface area contributed by atoms with E-state index in [4.69, 9.17) is 9.47 Å². The summed E-state index contributed by atoms with van der Waals surface area (Å²) >= 11 is 0. The third kappa shape index (κ3) is 4.92. The van der Waals surface area contributed by atoms with Gasteiger partial charge in [-0.2, -0.15) is 0 Å². The van der Waals surface area contributed by atoms with Crippen molar-refractivity contribution >= 4 is 12.0 Å². The molecule has 0 bridgehead atoms. The van der Waals surface area contributed by atoms with Crippen LogP contribution in [0.4, 0.5) is 13.6 Å². The molecule has 2 aromatic carbocycles. The average Bonchev–Trinajstić information content (AvgIpc) is 3.20. The van der Waals surface area contributed by atoms with Crippen LogP contribution < -0.4 is 10.1 Å². The van der Waals surface area contributed by atoms with E-state index in [9.17, 15) is 18.4 Å². The molecule has 6 nitrogen and oxygen atoms in total. The van der Waals surface area contributed by atoms with Crippen LogP contribution in [0, 0.1) is 37.3 Å². The number of hydrogen-bond donors (Lipinski definition) is 1. The summed E-state index contributed by atoms with van der Waals surface area (Å²) in [5.41, 5.74) is 2.04. The number of nitrogens with zero attached hydrogens (tertiary/aromatic N) is 1. The number of halogens is 2. The quantitative estimate of drug-likeness (QED) is 0.573. The molecule has 2 saturated heterocycles. The van der Waals surface area contributed by atoms with E-state index in [2.05, 4.69) is 5.32 Å². The first kappa shape index (κ1) is 24.1. The Kier molecular flexibility index (Phi) is 7.16. The highest BCUT2D eigenvalue weighted by Crippen LogP contribution is 2.38. The Bertz CT molecular complexity index is 1080. The first-order chi connectivity index (χ1) is 16.3. The van der Waals surface area contributed by atoms with Gasteiger partial charge in [-0.3, -0.25) is 4.79 Å². The minimum absolute atomic E-state index is 0.0181. The fourth-order valence-electron chi connectivity index (χ4n) is 4.86. The molecule has 34 heavy (non-hydrogen) atoms. The van der Waals surface area contributed by atoms with Gasteiger partial charge in [0.15, 0.2) is 6.10 Å². The van der Waals surface area contributed by atoms with Crippen LogP contribution in [0.2, 0.25) is 0 Å². The SMILES string of the molecule is Cc1cc(CNCCCC2C(C)[C@H]3COC(=O)N3C(=O)[C@@H]2Oc2ccc(F)c(C)c2)ccc1F. The van der Waals surface area contributed by atoms with Crippen molar-refractivity contribution in [3.63, 3.8) is 0 Å². The number of rotatable bonds is 8. The molecule has 2 aliphatic rings. The summed E-state index contributed by atoms with van der Waals surface area (Å²) in [5.74, 6) is -0.736. The summed E-state index contributed by atoms with van der Waals surface area (Å²) in [4.78, 5) is 26.6. The van der Waals surface area contributed by atoms with E-state index < -0.39 is 18.1 Å². The smallest absolute Gasteiger partial charge is 0.417 e. The molecule has 0 saturated carbocycles. The van der Waals surface area contributed by atoms with Gasteiger partial charge in [0.05, 0.1) is 6.04 Å². The van der Waals surface area contributed by atoms with Gasteiger partial charge in [-0.1, -0.05) is 19.1 Å². The number of ether oxygens (including phenoxy) is 2. The van der Waals surface area contributed by atoms with Gasteiger partial charge >= 0.3 is 6.09 Å². The third-order valence-electron chi connectivity index (χ3n) is 6.89. The molecule has 0 spiro atoms. The topological polar surface area (TPSA) is 67.9 Å². The number of benzene rings is 2. The predicted molar refractivity (Wildman–Crippen MR) is 122 cm³/mol. The van der Waals surface area contributed by atoms with Gasteiger partial charge in [-0.25, -0.2) is 18.5 Å². The number of carbonyl (C=O) groups excluding carboxylic acids is 2. The van der Waals surface area contributed by atoms with Gasteiger partial charge in [-0.05, 0) is 80.1 Å². The number of amides is 2. The van der Waals surface area contributed by atoms with E-state index in [1.165, 1.54) is 23.1 Å². The second kappa shape index (κ2) is 10.1. The molecule has 2 aromatic rings. The second-order valence-electron chi connectivity index (χ2n) is 9.23. The Morgan fingerprint density at radius 1 is 1.09 bits per heavy atom. The van der Waals surface area contributed by atoms with E-state index in [0.29, 0.717) is 36.4 Å². The summed E-state index contributed by atoms with van der Waals surface area (Å²) < 4.78 is 38.4. The first-order valence-corrected chi connectivity index (χ1v) is 11.6. The van der Waals surface area contributed by atoms with E-state index in [1.54, 1.807) is 26.0 Å². The number of carbonyl (C=O) groups is 2. The van der Waals surface area contributed by atoms with Crippen LogP contribution in [0.15, 0.2) is 36.4 Å². The van der Waals surface area contributed by atoms with Gasteiger partial charge < -0.3 is 14.8 Å². The lowest BCUT2D eigenvalue weighted by atomic mass is 9.76. The molecule has 2 aliphatic heterocycles. The predicted octanol–water partition coefficient (Wildman–Crippen LogP) is 4.51. The molecule has 4 atom stereocenters. The molecule has 1 N–H and O–H groups in total. The van der Waals surface area contributed by atoms with Crippen molar-refractivity contribution in [1.29, 1.82) is 0 Å². The number of hydrogen-bond acceptors (Lipinski definition) is 5. The van der Waals surface area contributed by atoms with Gasteiger partial charge in [0.2, 0.25) is 0 Å². The summed E-state index contributed by atoms with van der Waals surface area (Å²) in [6.45, 7) is 6.90. The Labute approximate surface area is 198 Å². The van der Waals surface area contributed by atoms with Crippen molar-refractivity contribution in [3.05, 3.63) is 64.7 Å². The zero-order chi connectivity index (χ0) is 24.4. The lowest BCUT2D eigenvalue weighted by molar-refractivity contribution is -0.147. The molecular formula is C26H30F2N2O4. The molecular weight excluding hydrogens is 442 g/mol. The lowest BCUT2D eigenvalue weighted by Crippen LogP contribution is -2.59. The largest absolute Gasteiger partial charge is 0.480 e. The highest BCUT2D eigenvalue weighted by molar-refractivity contribution is 5.97. The molecule has 2 fully saturated rings. The zero-order valence-corrected chi connectivity index (χ0v) is 19.6. The number of cyclic esters (lactones) is 1. The van der Waals surface area contributed by atoms with Crippen LogP contribution in [0.5, 0.6) is 5.75 Å². The molecule has 0 aromatic heterocycles. The maximum Gasteiger partial charge on any atom is 0.417 e. The van der Waals surface area contributed by atoms with Crippen molar-refractivity contribution < 1.29 is 27.8 Å². The van der Waals surface area contributed by atoms with E-state index in [-0.39, 0.29) is 36.1 Å². The molecule has 8 heteroatoms. The highest BCUT2D eigenvalue weighted by Gasteiger charge is 2.53. The number of nitrogens with one attached hydrogen (secondary N) is 1. The maximum atomic E-state index is 13.7. The maximum absolute atomic E-state index is 13.7. The van der Waals surface area contributed by atoms with Crippen molar-refractivity contribution in [1.82, 2.24) is 10.2 Å². The van der Waals surface area contributed by atoms with E-state index in [1.807, 2.05) is 13.0 Å². The molecule has 182 valence electrons. The summed E-state index contributed by atoms with van der Waals surface area (Å²) in [6.07, 6.45) is -0.0140. The molecule has 2 unspecified atom stereocenters. The van der Waals surface area contributed by atoms with Gasteiger partial charge in [0, 0.05) is 12.5 Å². The van der Waals surface area contributed by atoms with Gasteiger partial charge in [0.25, 0.3) is 5.91 Å². The summed E-state index contributed by atoms with van der Waals surface area (Å²) in [5, 5.41) is 3.37. The Hall–Kier alpha value is -3.00. The molecule has 2 heterocycles. The van der Waals surface area contributed by atoms with E-state index >= 15 is 0 Å². The fourth-order valence-corrected chi connectivity index (χ4v) is 4.86. The Morgan fingerprint density at radius 3 is 2.50 bits per heavy atom. The van der Waals surface area contributed by atoms with Crippen LogP contribution in [0.25, 0.3) is 0 Å². The number of aryl methyl sites for hydroxylation is 2. The van der Waals surface area contributed by atoms with Crippen LogP contribution in [-0.2, 0) is 16.1 Å². The molecule has 2 amide bonds. The fraction of sp³-hybridized carbons (Fsp3) is 0.462. The number of imide groups is 1. The van der Waals surface area contributed by atoms with Crippen molar-refractivity contribution in [2.45, 2.75) is 52.3 Å². The zero-order valence-electron chi connectivity index (χ0n) is 19.6. The Balaban J connectivity index is 1.42. The standard InChI is InChI=1S/C26H30F2N2O4/c1-15-11-18(6-8-21(15)27)13-29-10-4-5-20-17(3)23-14-33-26(32)30(23)25(31)24(20)34-19-7-9-22(28)16(2)12-19/h6-9,11-12,17,20,23-24,29H,4-5,10,13-14H2,1-3H3/t17?,20?,23-,24-/m1/s1. The summed E-state index contributed by atoms with van der Waals surface area (Å²) in [7, 11) is 0. The second-order valence-corrected chi connectivity index (χ2v) is 9.23. The van der Waals surface area contributed by atoms with Crippen LogP contribution >= 0.6 is 0 Å². The van der Waals surface area contributed by atoms with Gasteiger partial charge in [-0.15, -0.1) is 0 Å². The first-order valence-electron chi connectivity index (χ1n) is 11.6.